The second kappa shape index (κ2) is 6.36. The minimum Gasteiger partial charge on any atom is -0.301 e. The summed E-state index contributed by atoms with van der Waals surface area (Å²) in [4.78, 5) is 17.3. The number of carbonyl (C=O) groups is 1. The summed E-state index contributed by atoms with van der Waals surface area (Å²) in [6.07, 6.45) is 3.24. The van der Waals surface area contributed by atoms with Crippen LogP contribution in [-0.4, -0.2) is 54.9 Å². The third-order valence-electron chi connectivity index (χ3n) is 5.21. The minimum atomic E-state index is 0.289. The average molecular weight is 266 g/mol. The van der Waals surface area contributed by atoms with Crippen LogP contribution in [0.2, 0.25) is 0 Å². The lowest BCUT2D eigenvalue weighted by atomic mass is 9.74. The van der Waals surface area contributed by atoms with E-state index in [1.807, 2.05) is 0 Å². The van der Waals surface area contributed by atoms with Gasteiger partial charge in [0.25, 0.3) is 0 Å². The van der Waals surface area contributed by atoms with E-state index in [2.05, 4.69) is 37.6 Å². The standard InChI is InChI=1S/C16H30N2O/c1-5-14-10-18(7-6-17(14)4)11-15-13(3)8-12(2)9-16(15)19/h12-15H,5-11H2,1-4H3. The maximum Gasteiger partial charge on any atom is 0.137 e. The van der Waals surface area contributed by atoms with Gasteiger partial charge in [0.1, 0.15) is 5.78 Å². The molecule has 4 unspecified atom stereocenters. The summed E-state index contributed by atoms with van der Waals surface area (Å²) in [5, 5.41) is 0. The summed E-state index contributed by atoms with van der Waals surface area (Å²) in [7, 11) is 2.22. The predicted molar refractivity (Wildman–Crippen MR) is 79.2 cm³/mol. The van der Waals surface area contributed by atoms with E-state index in [-0.39, 0.29) is 5.92 Å². The van der Waals surface area contributed by atoms with E-state index in [0.717, 1.165) is 32.6 Å². The molecule has 0 radical (unpaired) electrons. The lowest BCUT2D eigenvalue weighted by Gasteiger charge is -2.42. The van der Waals surface area contributed by atoms with Crippen LogP contribution >= 0.6 is 0 Å². The number of carbonyl (C=O) groups excluding carboxylic acids is 1. The highest BCUT2D eigenvalue weighted by Gasteiger charge is 2.34. The monoisotopic (exact) mass is 266 g/mol. The SMILES string of the molecule is CCC1CN(CC2C(=O)CC(C)CC2C)CCN1C. The zero-order valence-electron chi connectivity index (χ0n) is 13.1. The number of nitrogens with zero attached hydrogens (tertiary/aromatic N) is 2. The van der Waals surface area contributed by atoms with Crippen molar-refractivity contribution in [2.75, 3.05) is 33.2 Å². The Morgan fingerprint density at radius 1 is 1.26 bits per heavy atom. The molecule has 3 heteroatoms. The van der Waals surface area contributed by atoms with E-state index in [1.54, 1.807) is 0 Å². The van der Waals surface area contributed by atoms with Crippen molar-refractivity contribution in [1.82, 2.24) is 9.80 Å². The third kappa shape index (κ3) is 3.57. The van der Waals surface area contributed by atoms with Gasteiger partial charge in [0.15, 0.2) is 0 Å². The van der Waals surface area contributed by atoms with E-state index in [4.69, 9.17) is 0 Å². The molecule has 0 spiro atoms. The van der Waals surface area contributed by atoms with Crippen molar-refractivity contribution in [3.05, 3.63) is 0 Å². The second-order valence-corrected chi connectivity index (χ2v) is 6.90. The van der Waals surface area contributed by atoms with E-state index >= 15 is 0 Å². The Kier molecular flexibility index (Phi) is 5.02. The van der Waals surface area contributed by atoms with Gasteiger partial charge in [-0.2, -0.15) is 0 Å². The number of Topliss-reactive ketones (excluding diaryl/α,β-unsaturated/α-hetero) is 1. The van der Waals surface area contributed by atoms with Gasteiger partial charge in [-0.1, -0.05) is 20.8 Å². The number of piperazine rings is 1. The molecular weight excluding hydrogens is 236 g/mol. The molecule has 0 aromatic rings. The maximum absolute atomic E-state index is 12.3. The summed E-state index contributed by atoms with van der Waals surface area (Å²) in [5.41, 5.74) is 0. The number of rotatable bonds is 3. The lowest BCUT2D eigenvalue weighted by molar-refractivity contribution is -0.129. The van der Waals surface area contributed by atoms with Crippen LogP contribution in [0, 0.1) is 17.8 Å². The quantitative estimate of drug-likeness (QED) is 0.783. The van der Waals surface area contributed by atoms with E-state index in [0.29, 0.717) is 23.7 Å². The van der Waals surface area contributed by atoms with Gasteiger partial charge in [0.2, 0.25) is 0 Å². The fourth-order valence-electron chi connectivity index (χ4n) is 3.87. The van der Waals surface area contributed by atoms with E-state index in [9.17, 15) is 4.79 Å². The fourth-order valence-corrected chi connectivity index (χ4v) is 3.87. The number of hydrogen-bond acceptors (Lipinski definition) is 3. The van der Waals surface area contributed by atoms with Crippen molar-refractivity contribution in [3.8, 4) is 0 Å². The zero-order valence-corrected chi connectivity index (χ0v) is 13.1. The average Bonchev–Trinajstić information content (AvgIpc) is 2.35. The van der Waals surface area contributed by atoms with Crippen molar-refractivity contribution in [2.45, 2.75) is 46.1 Å². The molecule has 0 bridgehead atoms. The largest absolute Gasteiger partial charge is 0.301 e. The molecule has 1 saturated carbocycles. The molecule has 0 aromatic heterocycles. The molecule has 110 valence electrons. The first-order valence-electron chi connectivity index (χ1n) is 7.96. The van der Waals surface area contributed by atoms with Crippen LogP contribution in [0.3, 0.4) is 0 Å². The Morgan fingerprint density at radius 2 is 2.00 bits per heavy atom. The fraction of sp³-hybridized carbons (Fsp3) is 0.938. The molecule has 2 fully saturated rings. The molecule has 4 atom stereocenters. The highest BCUT2D eigenvalue weighted by atomic mass is 16.1. The third-order valence-corrected chi connectivity index (χ3v) is 5.21. The van der Waals surface area contributed by atoms with Crippen LogP contribution < -0.4 is 0 Å². The Morgan fingerprint density at radius 3 is 2.63 bits per heavy atom. The maximum atomic E-state index is 12.3. The Hall–Kier alpha value is -0.410. The molecular formula is C16H30N2O. The molecule has 0 aromatic carbocycles. The van der Waals surface area contributed by atoms with Crippen LogP contribution in [0.4, 0.5) is 0 Å². The first-order valence-corrected chi connectivity index (χ1v) is 7.96. The van der Waals surface area contributed by atoms with Crippen LogP contribution in [0.1, 0.15) is 40.0 Å². The van der Waals surface area contributed by atoms with Gasteiger partial charge in [-0.15, -0.1) is 0 Å². The van der Waals surface area contributed by atoms with Crippen molar-refractivity contribution >= 4 is 5.78 Å². The molecule has 1 heterocycles. The zero-order chi connectivity index (χ0) is 14.0. The first kappa shape index (κ1) is 15.0. The minimum absolute atomic E-state index is 0.289. The van der Waals surface area contributed by atoms with Gasteiger partial charge in [0.05, 0.1) is 0 Å². The number of ketones is 1. The number of hydrogen-bond donors (Lipinski definition) is 0. The van der Waals surface area contributed by atoms with Gasteiger partial charge in [-0.25, -0.2) is 0 Å². The van der Waals surface area contributed by atoms with Crippen LogP contribution in [0.15, 0.2) is 0 Å². The summed E-state index contributed by atoms with van der Waals surface area (Å²) >= 11 is 0. The first-order chi connectivity index (χ1) is 9.01. The van der Waals surface area contributed by atoms with Gasteiger partial charge >= 0.3 is 0 Å². The number of likely N-dealkylation sites (N-methyl/N-ethyl adjacent to an activating group) is 1. The van der Waals surface area contributed by atoms with Gasteiger partial charge < -0.3 is 4.90 Å². The molecule has 19 heavy (non-hydrogen) atoms. The highest BCUT2D eigenvalue weighted by molar-refractivity contribution is 5.82. The van der Waals surface area contributed by atoms with Crippen molar-refractivity contribution in [1.29, 1.82) is 0 Å². The Bertz CT molecular complexity index is 318. The highest BCUT2D eigenvalue weighted by Crippen LogP contribution is 2.31. The van der Waals surface area contributed by atoms with Crippen LogP contribution in [-0.2, 0) is 4.79 Å². The topological polar surface area (TPSA) is 23.6 Å². The molecule has 2 aliphatic rings. The molecule has 3 nitrogen and oxygen atoms in total. The van der Waals surface area contributed by atoms with Crippen molar-refractivity contribution in [2.24, 2.45) is 17.8 Å². The van der Waals surface area contributed by atoms with Crippen molar-refractivity contribution in [3.63, 3.8) is 0 Å². The second-order valence-electron chi connectivity index (χ2n) is 6.90. The van der Waals surface area contributed by atoms with Crippen molar-refractivity contribution < 1.29 is 4.79 Å². The Labute approximate surface area is 118 Å². The normalized spacial score (nSPS) is 38.6. The van der Waals surface area contributed by atoms with Crippen LogP contribution in [0.5, 0.6) is 0 Å². The summed E-state index contributed by atoms with van der Waals surface area (Å²) in [6, 6.07) is 0.668. The summed E-state index contributed by atoms with van der Waals surface area (Å²) in [5.74, 6) is 1.96. The Balaban J connectivity index is 1.91. The van der Waals surface area contributed by atoms with Gasteiger partial charge in [-0.3, -0.25) is 9.69 Å². The summed E-state index contributed by atoms with van der Waals surface area (Å²) < 4.78 is 0. The molecule has 1 saturated heterocycles. The molecule has 1 aliphatic carbocycles. The van der Waals surface area contributed by atoms with Gasteiger partial charge in [-0.05, 0) is 31.7 Å². The predicted octanol–water partition coefficient (Wildman–Crippen LogP) is 2.26. The molecule has 2 rings (SSSR count). The molecule has 0 N–H and O–H groups in total. The van der Waals surface area contributed by atoms with E-state index in [1.165, 1.54) is 12.8 Å². The summed E-state index contributed by atoms with van der Waals surface area (Å²) in [6.45, 7) is 11.2. The van der Waals surface area contributed by atoms with Crippen LogP contribution in [0.25, 0.3) is 0 Å². The molecule has 0 amide bonds. The van der Waals surface area contributed by atoms with Gasteiger partial charge in [0, 0.05) is 44.6 Å². The lowest BCUT2D eigenvalue weighted by Crippen LogP contribution is -2.53. The van der Waals surface area contributed by atoms with E-state index < -0.39 is 0 Å². The molecule has 1 aliphatic heterocycles. The smallest absolute Gasteiger partial charge is 0.137 e.